The minimum Gasteiger partial charge on any atom is -0.483 e. The Bertz CT molecular complexity index is 754. The number of carbonyl (C=O) groups is 1. The van der Waals surface area contributed by atoms with Crippen LogP contribution in [0.25, 0.3) is 0 Å². The second-order valence-electron chi connectivity index (χ2n) is 7.00. The summed E-state index contributed by atoms with van der Waals surface area (Å²) in [6.45, 7) is 7.02. The van der Waals surface area contributed by atoms with Gasteiger partial charge in [-0.1, -0.05) is 12.1 Å². The van der Waals surface area contributed by atoms with Crippen LogP contribution in [0.5, 0.6) is 5.75 Å². The zero-order valence-electron chi connectivity index (χ0n) is 16.2. The first-order valence-corrected chi connectivity index (χ1v) is 10.2. The van der Waals surface area contributed by atoms with Gasteiger partial charge in [-0.25, -0.2) is 0 Å². The van der Waals surface area contributed by atoms with Crippen molar-refractivity contribution in [3.63, 3.8) is 0 Å². The van der Waals surface area contributed by atoms with Crippen molar-refractivity contribution in [2.45, 2.75) is 39.7 Å². The molecule has 0 spiro atoms. The van der Waals surface area contributed by atoms with Crippen LogP contribution in [0.15, 0.2) is 12.1 Å². The van der Waals surface area contributed by atoms with Gasteiger partial charge in [0, 0.05) is 33.2 Å². The maximum Gasteiger partial charge on any atom is 0.279 e. The largest absolute Gasteiger partial charge is 0.483 e. The lowest BCUT2D eigenvalue weighted by Crippen LogP contribution is -2.49. The summed E-state index contributed by atoms with van der Waals surface area (Å²) >= 11 is 0. The molecule has 1 aliphatic heterocycles. The molecule has 0 radical (unpaired) electrons. The van der Waals surface area contributed by atoms with Crippen molar-refractivity contribution in [2.24, 2.45) is 0 Å². The molecule has 26 heavy (non-hydrogen) atoms. The smallest absolute Gasteiger partial charge is 0.279 e. The van der Waals surface area contributed by atoms with Gasteiger partial charge in [-0.2, -0.15) is 17.4 Å². The van der Waals surface area contributed by atoms with E-state index in [1.54, 1.807) is 4.90 Å². The first kappa shape index (κ1) is 20.7. The highest BCUT2D eigenvalue weighted by Crippen LogP contribution is 2.25. The molecule has 1 amide bonds. The number of nitrogens with zero attached hydrogens (tertiary/aromatic N) is 2. The summed E-state index contributed by atoms with van der Waals surface area (Å²) in [6.07, 6.45) is 1.20. The van der Waals surface area contributed by atoms with Crippen molar-refractivity contribution in [1.82, 2.24) is 13.9 Å². The molecule has 1 aliphatic rings. The van der Waals surface area contributed by atoms with E-state index in [1.165, 1.54) is 14.1 Å². The minimum absolute atomic E-state index is 0.000769. The van der Waals surface area contributed by atoms with E-state index in [0.717, 1.165) is 26.7 Å². The van der Waals surface area contributed by atoms with E-state index in [2.05, 4.69) is 4.72 Å². The van der Waals surface area contributed by atoms with E-state index in [0.29, 0.717) is 25.9 Å². The standard InChI is InChI=1S/C18H29N3O4S/c1-13-6-7-14(2)18(15(13)3)25-12-17(22)21-10-8-16(9-11-21)19-26(23,24)20(4)5/h6-7,16,19H,8-12H2,1-5H3. The van der Waals surface area contributed by atoms with Gasteiger partial charge in [0.25, 0.3) is 16.1 Å². The Labute approximate surface area is 156 Å². The number of likely N-dealkylation sites (tertiary alicyclic amines) is 1. The van der Waals surface area contributed by atoms with Crippen molar-refractivity contribution >= 4 is 16.1 Å². The third kappa shape index (κ3) is 4.96. The third-order valence-corrected chi connectivity index (χ3v) is 6.45. The second kappa shape index (κ2) is 8.37. The Kier molecular flexibility index (Phi) is 6.65. The molecule has 1 saturated heterocycles. The highest BCUT2D eigenvalue weighted by atomic mass is 32.2. The number of aryl methyl sites for hydroxylation is 2. The number of carbonyl (C=O) groups excluding carboxylic acids is 1. The Morgan fingerprint density at radius 3 is 2.35 bits per heavy atom. The quantitative estimate of drug-likeness (QED) is 0.805. The number of rotatable bonds is 6. The van der Waals surface area contributed by atoms with Crippen LogP contribution in [0.2, 0.25) is 0 Å². The maximum atomic E-state index is 12.4. The fraction of sp³-hybridized carbons (Fsp3) is 0.611. The average molecular weight is 384 g/mol. The first-order chi connectivity index (χ1) is 12.1. The molecule has 2 rings (SSSR count). The van der Waals surface area contributed by atoms with Crippen LogP contribution in [0.3, 0.4) is 0 Å². The lowest BCUT2D eigenvalue weighted by atomic mass is 10.1. The highest BCUT2D eigenvalue weighted by molar-refractivity contribution is 7.87. The highest BCUT2D eigenvalue weighted by Gasteiger charge is 2.27. The fourth-order valence-corrected chi connectivity index (χ4v) is 3.80. The van der Waals surface area contributed by atoms with Crippen LogP contribution in [0.4, 0.5) is 0 Å². The molecule has 146 valence electrons. The Morgan fingerprint density at radius 2 is 1.77 bits per heavy atom. The summed E-state index contributed by atoms with van der Waals surface area (Å²) in [5, 5.41) is 0. The summed E-state index contributed by atoms with van der Waals surface area (Å²) in [5.41, 5.74) is 3.19. The van der Waals surface area contributed by atoms with Crippen molar-refractivity contribution in [3.8, 4) is 5.75 Å². The number of amides is 1. The molecule has 7 nitrogen and oxygen atoms in total. The topological polar surface area (TPSA) is 79.0 Å². The van der Waals surface area contributed by atoms with E-state index in [1.807, 2.05) is 32.9 Å². The van der Waals surface area contributed by atoms with Gasteiger partial charge in [0.2, 0.25) is 0 Å². The number of nitrogens with one attached hydrogen (secondary N) is 1. The average Bonchev–Trinajstić information content (AvgIpc) is 2.58. The predicted molar refractivity (Wildman–Crippen MR) is 101 cm³/mol. The molecule has 0 bridgehead atoms. The maximum absolute atomic E-state index is 12.4. The van der Waals surface area contributed by atoms with Crippen LogP contribution >= 0.6 is 0 Å². The van der Waals surface area contributed by atoms with Gasteiger partial charge in [-0.3, -0.25) is 4.79 Å². The number of piperidine rings is 1. The Morgan fingerprint density at radius 1 is 1.19 bits per heavy atom. The van der Waals surface area contributed by atoms with E-state index in [9.17, 15) is 13.2 Å². The monoisotopic (exact) mass is 383 g/mol. The molecule has 1 fully saturated rings. The SMILES string of the molecule is Cc1ccc(C)c(OCC(=O)N2CCC(NS(=O)(=O)N(C)C)CC2)c1C. The van der Waals surface area contributed by atoms with Gasteiger partial charge < -0.3 is 9.64 Å². The summed E-state index contributed by atoms with van der Waals surface area (Å²) in [5.74, 6) is 0.700. The Hall–Kier alpha value is -1.64. The van der Waals surface area contributed by atoms with Crippen molar-refractivity contribution in [1.29, 1.82) is 0 Å². The molecule has 1 heterocycles. The third-order valence-electron chi connectivity index (χ3n) is 4.86. The van der Waals surface area contributed by atoms with E-state index >= 15 is 0 Å². The molecule has 1 N–H and O–H groups in total. The van der Waals surface area contributed by atoms with Gasteiger partial charge >= 0.3 is 0 Å². The second-order valence-corrected chi connectivity index (χ2v) is 8.92. The first-order valence-electron chi connectivity index (χ1n) is 8.79. The van der Waals surface area contributed by atoms with Gasteiger partial charge in [0.1, 0.15) is 5.75 Å². The van der Waals surface area contributed by atoms with Crippen LogP contribution in [0, 0.1) is 20.8 Å². The predicted octanol–water partition coefficient (Wildman–Crippen LogP) is 1.38. The molecular formula is C18H29N3O4S. The zero-order valence-corrected chi connectivity index (χ0v) is 17.0. The van der Waals surface area contributed by atoms with Gasteiger partial charge in [0.05, 0.1) is 0 Å². The van der Waals surface area contributed by atoms with E-state index in [4.69, 9.17) is 4.74 Å². The molecule has 1 aromatic carbocycles. The fourth-order valence-electron chi connectivity index (χ4n) is 2.94. The van der Waals surface area contributed by atoms with Crippen LogP contribution < -0.4 is 9.46 Å². The van der Waals surface area contributed by atoms with Gasteiger partial charge in [-0.15, -0.1) is 0 Å². The molecule has 0 unspecified atom stereocenters. The van der Waals surface area contributed by atoms with Crippen molar-refractivity contribution in [2.75, 3.05) is 33.8 Å². The summed E-state index contributed by atoms with van der Waals surface area (Å²) < 4.78 is 33.4. The normalized spacial score (nSPS) is 16.2. The zero-order chi connectivity index (χ0) is 19.5. The summed E-state index contributed by atoms with van der Waals surface area (Å²) in [6, 6.07) is 3.89. The van der Waals surface area contributed by atoms with Crippen LogP contribution in [0.1, 0.15) is 29.5 Å². The van der Waals surface area contributed by atoms with Crippen LogP contribution in [-0.2, 0) is 15.0 Å². The van der Waals surface area contributed by atoms with Crippen LogP contribution in [-0.4, -0.2) is 63.4 Å². The van der Waals surface area contributed by atoms with Crippen molar-refractivity contribution in [3.05, 3.63) is 28.8 Å². The van der Waals surface area contributed by atoms with Gasteiger partial charge in [-0.05, 0) is 50.3 Å². The summed E-state index contributed by atoms with van der Waals surface area (Å²) in [4.78, 5) is 14.2. The van der Waals surface area contributed by atoms with Crippen molar-refractivity contribution < 1.29 is 17.9 Å². The number of hydrogen-bond donors (Lipinski definition) is 1. The molecular weight excluding hydrogens is 354 g/mol. The number of ether oxygens (including phenoxy) is 1. The molecule has 0 saturated carbocycles. The summed E-state index contributed by atoms with van der Waals surface area (Å²) in [7, 11) is -0.453. The Balaban J connectivity index is 1.87. The van der Waals surface area contributed by atoms with E-state index in [-0.39, 0.29) is 18.6 Å². The molecule has 0 atom stereocenters. The lowest BCUT2D eigenvalue weighted by molar-refractivity contribution is -0.134. The number of hydrogen-bond acceptors (Lipinski definition) is 4. The molecule has 8 heteroatoms. The number of benzene rings is 1. The van der Waals surface area contributed by atoms with E-state index < -0.39 is 10.2 Å². The van der Waals surface area contributed by atoms with Gasteiger partial charge in [0.15, 0.2) is 6.61 Å². The molecule has 0 aromatic heterocycles. The molecule has 1 aromatic rings. The molecule has 0 aliphatic carbocycles. The lowest BCUT2D eigenvalue weighted by Gasteiger charge is -2.32. The minimum atomic E-state index is -3.44.